The predicted molar refractivity (Wildman–Crippen MR) is 145 cm³/mol. The highest BCUT2D eigenvalue weighted by molar-refractivity contribution is 8.26. The van der Waals surface area contributed by atoms with Crippen molar-refractivity contribution >= 4 is 46.1 Å². The van der Waals surface area contributed by atoms with Gasteiger partial charge in [-0.3, -0.25) is 19.1 Å². The maximum absolute atomic E-state index is 13.1. The van der Waals surface area contributed by atoms with Crippen molar-refractivity contribution in [2.45, 2.75) is 46.1 Å². The molecule has 2 heterocycles. The van der Waals surface area contributed by atoms with Gasteiger partial charge in [-0.05, 0) is 42.7 Å². The molecule has 0 atom stereocenters. The van der Waals surface area contributed by atoms with Crippen LogP contribution >= 0.6 is 24.0 Å². The Balaban J connectivity index is 1.95. The number of hydrogen-bond acceptors (Lipinski definition) is 7. The third kappa shape index (κ3) is 5.95. The summed E-state index contributed by atoms with van der Waals surface area (Å²) < 4.78 is 7.17. The monoisotopic (exact) mass is 510 g/mol. The Labute approximate surface area is 215 Å². The molecule has 3 rings (SSSR count). The molecule has 1 saturated heterocycles. The van der Waals surface area contributed by atoms with Gasteiger partial charge < -0.3 is 10.1 Å². The zero-order valence-corrected chi connectivity index (χ0v) is 22.1. The van der Waals surface area contributed by atoms with Crippen molar-refractivity contribution in [3.8, 4) is 11.8 Å². The number of aromatic nitrogens is 1. The van der Waals surface area contributed by atoms with Gasteiger partial charge in [0, 0.05) is 25.7 Å². The summed E-state index contributed by atoms with van der Waals surface area (Å²) in [5.41, 5.74) is 1.82. The number of unbranched alkanes of at least 4 members (excludes halogenated alkanes) is 3. The van der Waals surface area contributed by atoms with Crippen LogP contribution in [0, 0.1) is 18.3 Å². The first kappa shape index (κ1) is 26.5. The molecule has 35 heavy (non-hydrogen) atoms. The normalized spacial score (nSPS) is 14.5. The molecule has 2 aromatic rings. The molecule has 1 amide bonds. The summed E-state index contributed by atoms with van der Waals surface area (Å²) in [6.45, 7) is 4.92. The maximum atomic E-state index is 13.1. The number of rotatable bonds is 10. The average molecular weight is 511 g/mol. The number of hydrogen-bond donors (Lipinski definition) is 1. The standard InChI is InChI=1S/C26H30N4O3S2/c1-5-6-7-8-13-30-25(32)22(35-26(30)34)14-20-17(2)21(15-27)24(31)29(3)23(20)28-16-18-9-11-19(33-4)12-10-18/h9-12,14,28H,5-8,13,16H2,1-4H3/b22-14+. The molecular weight excluding hydrogens is 480 g/mol. The molecular formula is C26H30N4O3S2. The second-order valence-corrected chi connectivity index (χ2v) is 10.0. The Morgan fingerprint density at radius 1 is 1.20 bits per heavy atom. The SMILES string of the molecule is CCCCCCN1C(=O)/C(=C\c2c(C)c(C#N)c(=O)n(C)c2NCc2ccc(OC)cc2)SC1=S. The van der Waals surface area contributed by atoms with Gasteiger partial charge in [-0.25, -0.2) is 0 Å². The molecule has 0 spiro atoms. The molecule has 184 valence electrons. The highest BCUT2D eigenvalue weighted by Gasteiger charge is 2.32. The van der Waals surface area contributed by atoms with Crippen molar-refractivity contribution < 1.29 is 9.53 Å². The van der Waals surface area contributed by atoms with Crippen LogP contribution < -0.4 is 15.6 Å². The van der Waals surface area contributed by atoms with Gasteiger partial charge in [0.2, 0.25) is 0 Å². The largest absolute Gasteiger partial charge is 0.497 e. The summed E-state index contributed by atoms with van der Waals surface area (Å²) in [5.74, 6) is 1.16. The lowest BCUT2D eigenvalue weighted by Gasteiger charge is -2.18. The van der Waals surface area contributed by atoms with Gasteiger partial charge in [-0.15, -0.1) is 0 Å². The smallest absolute Gasteiger partial charge is 0.270 e. The first-order valence-corrected chi connectivity index (χ1v) is 12.8. The molecule has 0 bridgehead atoms. The number of ether oxygens (including phenoxy) is 1. The second kappa shape index (κ2) is 12.0. The zero-order chi connectivity index (χ0) is 25.5. The molecule has 1 aromatic carbocycles. The predicted octanol–water partition coefficient (Wildman–Crippen LogP) is 4.97. The van der Waals surface area contributed by atoms with E-state index >= 15 is 0 Å². The number of thiocarbonyl (C=S) groups is 1. The Hall–Kier alpha value is -3.09. The highest BCUT2D eigenvalue weighted by Crippen LogP contribution is 2.35. The molecule has 0 radical (unpaired) electrons. The number of nitrogens with zero attached hydrogens (tertiary/aromatic N) is 3. The molecule has 1 aliphatic rings. The van der Waals surface area contributed by atoms with Crippen LogP contribution in [0.15, 0.2) is 34.0 Å². The lowest BCUT2D eigenvalue weighted by atomic mass is 10.0. The topological polar surface area (TPSA) is 87.4 Å². The molecule has 0 aliphatic carbocycles. The molecule has 1 aromatic heterocycles. The van der Waals surface area contributed by atoms with Crippen LogP contribution in [0.3, 0.4) is 0 Å². The Morgan fingerprint density at radius 3 is 2.54 bits per heavy atom. The van der Waals surface area contributed by atoms with Crippen molar-refractivity contribution in [3.63, 3.8) is 0 Å². The molecule has 1 aliphatic heterocycles. The molecule has 1 fully saturated rings. The zero-order valence-electron chi connectivity index (χ0n) is 20.5. The lowest BCUT2D eigenvalue weighted by molar-refractivity contribution is -0.122. The fourth-order valence-electron chi connectivity index (χ4n) is 3.89. The van der Waals surface area contributed by atoms with Crippen LogP contribution in [0.1, 0.15) is 54.9 Å². The van der Waals surface area contributed by atoms with E-state index in [4.69, 9.17) is 17.0 Å². The third-order valence-corrected chi connectivity index (χ3v) is 7.38. The van der Waals surface area contributed by atoms with E-state index in [1.54, 1.807) is 32.1 Å². The van der Waals surface area contributed by atoms with E-state index in [9.17, 15) is 14.9 Å². The molecule has 9 heteroatoms. The molecule has 7 nitrogen and oxygen atoms in total. The summed E-state index contributed by atoms with van der Waals surface area (Å²) in [4.78, 5) is 28.1. The van der Waals surface area contributed by atoms with Crippen molar-refractivity contribution in [1.82, 2.24) is 9.47 Å². The maximum Gasteiger partial charge on any atom is 0.270 e. The van der Waals surface area contributed by atoms with Crippen LogP contribution in [-0.4, -0.2) is 33.3 Å². The summed E-state index contributed by atoms with van der Waals surface area (Å²) >= 11 is 6.74. The van der Waals surface area contributed by atoms with Crippen molar-refractivity contribution in [3.05, 3.63) is 61.8 Å². The molecule has 0 unspecified atom stereocenters. The number of thioether (sulfide) groups is 1. The van der Waals surface area contributed by atoms with E-state index in [1.807, 2.05) is 30.3 Å². The summed E-state index contributed by atoms with van der Waals surface area (Å²) in [5, 5.41) is 12.9. The van der Waals surface area contributed by atoms with Gasteiger partial charge in [-0.1, -0.05) is 62.3 Å². The molecule has 0 saturated carbocycles. The number of anilines is 1. The Morgan fingerprint density at radius 2 is 1.91 bits per heavy atom. The van der Waals surface area contributed by atoms with E-state index in [1.165, 1.54) is 16.3 Å². The summed E-state index contributed by atoms with van der Waals surface area (Å²) in [6, 6.07) is 9.62. The van der Waals surface area contributed by atoms with Crippen LogP contribution in [-0.2, 0) is 18.4 Å². The van der Waals surface area contributed by atoms with Gasteiger partial charge in [0.1, 0.15) is 27.5 Å². The van der Waals surface area contributed by atoms with Crippen molar-refractivity contribution in [1.29, 1.82) is 5.26 Å². The van der Waals surface area contributed by atoms with Gasteiger partial charge in [0.25, 0.3) is 11.5 Å². The number of pyridine rings is 1. The number of methoxy groups -OCH3 is 1. The summed E-state index contributed by atoms with van der Waals surface area (Å²) in [7, 11) is 3.23. The van der Waals surface area contributed by atoms with Crippen LogP contribution in [0.4, 0.5) is 5.82 Å². The number of nitrogens with one attached hydrogen (secondary N) is 1. The van der Waals surface area contributed by atoms with Crippen molar-refractivity contribution in [2.75, 3.05) is 19.0 Å². The number of amides is 1. The van der Waals surface area contributed by atoms with Crippen LogP contribution in [0.25, 0.3) is 6.08 Å². The minimum atomic E-state index is -0.386. The number of benzene rings is 1. The number of nitriles is 1. The van der Waals surface area contributed by atoms with Gasteiger partial charge in [0.15, 0.2) is 0 Å². The molecule has 1 N–H and O–H groups in total. The van der Waals surface area contributed by atoms with Crippen molar-refractivity contribution in [2.24, 2.45) is 7.05 Å². The van der Waals surface area contributed by atoms with Gasteiger partial charge in [0.05, 0.1) is 12.0 Å². The lowest BCUT2D eigenvalue weighted by Crippen LogP contribution is -2.29. The second-order valence-electron chi connectivity index (χ2n) is 8.33. The first-order chi connectivity index (χ1) is 16.8. The Kier molecular flexibility index (Phi) is 9.13. The van der Waals surface area contributed by atoms with E-state index in [-0.39, 0.29) is 17.0 Å². The third-order valence-electron chi connectivity index (χ3n) is 6.00. The highest BCUT2D eigenvalue weighted by atomic mass is 32.2. The van der Waals surface area contributed by atoms with E-state index < -0.39 is 0 Å². The van der Waals surface area contributed by atoms with Crippen LogP contribution in [0.2, 0.25) is 0 Å². The summed E-state index contributed by atoms with van der Waals surface area (Å²) in [6.07, 6.45) is 5.95. The van der Waals surface area contributed by atoms with Gasteiger partial charge >= 0.3 is 0 Å². The number of carbonyl (C=O) groups excluding carboxylic acids is 1. The average Bonchev–Trinajstić information content (AvgIpc) is 3.12. The first-order valence-electron chi connectivity index (χ1n) is 11.6. The van der Waals surface area contributed by atoms with E-state index in [0.29, 0.717) is 39.3 Å². The van der Waals surface area contributed by atoms with E-state index in [0.717, 1.165) is 37.0 Å². The van der Waals surface area contributed by atoms with E-state index in [2.05, 4.69) is 12.2 Å². The minimum Gasteiger partial charge on any atom is -0.497 e. The fourth-order valence-corrected chi connectivity index (χ4v) is 5.18. The fraction of sp³-hybridized carbons (Fsp3) is 0.385. The minimum absolute atomic E-state index is 0.0591. The van der Waals surface area contributed by atoms with Crippen LogP contribution in [0.5, 0.6) is 5.75 Å². The quantitative estimate of drug-likeness (QED) is 0.274. The Bertz CT molecular complexity index is 1240. The van der Waals surface area contributed by atoms with Gasteiger partial charge in [-0.2, -0.15) is 5.26 Å². The number of carbonyl (C=O) groups is 1.